The first-order chi connectivity index (χ1) is 9.83. The second-order valence-corrected chi connectivity index (χ2v) is 7.28. The molecule has 8 heteroatoms. The van der Waals surface area contributed by atoms with Gasteiger partial charge >= 0.3 is 0 Å². The van der Waals surface area contributed by atoms with Crippen LogP contribution in [0.15, 0.2) is 33.9 Å². The lowest BCUT2D eigenvalue weighted by Gasteiger charge is -2.13. The van der Waals surface area contributed by atoms with Crippen molar-refractivity contribution in [2.75, 3.05) is 11.3 Å². The number of anilines is 1. The van der Waals surface area contributed by atoms with Gasteiger partial charge in [0.25, 0.3) is 10.0 Å². The summed E-state index contributed by atoms with van der Waals surface area (Å²) in [4.78, 5) is 0.0673. The van der Waals surface area contributed by atoms with E-state index in [2.05, 4.69) is 25.8 Å². The highest BCUT2D eigenvalue weighted by atomic mass is 79.9. The maximum atomic E-state index is 12.4. The molecule has 0 atom stereocenters. The number of sulfonamides is 1. The zero-order chi connectivity index (χ0) is 15.6. The van der Waals surface area contributed by atoms with Crippen molar-refractivity contribution in [3.05, 3.63) is 40.1 Å². The molecule has 0 spiro atoms. The fourth-order valence-corrected chi connectivity index (χ4v) is 3.81. The largest absolute Gasteiger partial charge is 0.394 e. The predicted molar refractivity (Wildman–Crippen MR) is 83.7 cm³/mol. The highest BCUT2D eigenvalue weighted by Gasteiger charge is 2.18. The fraction of sp³-hybridized carbons (Fsp3) is 0.308. The molecule has 0 saturated carbocycles. The third-order valence-electron chi connectivity index (χ3n) is 2.98. The van der Waals surface area contributed by atoms with Gasteiger partial charge < -0.3 is 5.11 Å². The van der Waals surface area contributed by atoms with Gasteiger partial charge in [-0.2, -0.15) is 5.10 Å². The molecule has 0 unspecified atom stereocenters. The van der Waals surface area contributed by atoms with Gasteiger partial charge in [0.2, 0.25) is 0 Å². The molecule has 1 aromatic carbocycles. The number of aliphatic hydroxyl groups excluding tert-OH is 1. The van der Waals surface area contributed by atoms with Gasteiger partial charge in [0.1, 0.15) is 4.90 Å². The summed E-state index contributed by atoms with van der Waals surface area (Å²) in [6.45, 7) is 3.83. The molecule has 0 saturated heterocycles. The topological polar surface area (TPSA) is 84.2 Å². The van der Waals surface area contributed by atoms with Crippen LogP contribution in [0.25, 0.3) is 0 Å². The third kappa shape index (κ3) is 3.63. The van der Waals surface area contributed by atoms with Crippen LogP contribution in [0.2, 0.25) is 0 Å². The Morgan fingerprint density at radius 1 is 1.33 bits per heavy atom. The number of hydrogen-bond acceptors (Lipinski definition) is 4. The molecule has 21 heavy (non-hydrogen) atoms. The Labute approximate surface area is 132 Å². The van der Waals surface area contributed by atoms with Crippen LogP contribution in [0.4, 0.5) is 5.69 Å². The van der Waals surface area contributed by atoms with Gasteiger partial charge in [-0.05, 0) is 37.1 Å². The minimum atomic E-state index is -3.70. The Morgan fingerprint density at radius 3 is 2.52 bits per heavy atom. The van der Waals surface area contributed by atoms with Crippen LogP contribution in [0, 0.1) is 13.8 Å². The second kappa shape index (κ2) is 6.17. The van der Waals surface area contributed by atoms with Crippen molar-refractivity contribution in [2.45, 2.75) is 25.3 Å². The molecule has 2 N–H and O–H groups in total. The number of nitrogens with one attached hydrogen (secondary N) is 1. The molecular weight excluding hydrogens is 358 g/mol. The number of aliphatic hydroxyl groups is 1. The Balaban J connectivity index is 2.33. The molecule has 0 fully saturated rings. The zero-order valence-electron chi connectivity index (χ0n) is 11.7. The van der Waals surface area contributed by atoms with Crippen molar-refractivity contribution in [1.82, 2.24) is 9.78 Å². The lowest BCUT2D eigenvalue weighted by atomic mass is 10.1. The zero-order valence-corrected chi connectivity index (χ0v) is 14.1. The van der Waals surface area contributed by atoms with Gasteiger partial charge in [-0.15, -0.1) is 0 Å². The summed E-state index contributed by atoms with van der Waals surface area (Å²) in [5, 5.41) is 12.7. The monoisotopic (exact) mass is 373 g/mol. The van der Waals surface area contributed by atoms with Crippen molar-refractivity contribution in [2.24, 2.45) is 0 Å². The highest BCUT2D eigenvalue weighted by molar-refractivity contribution is 9.10. The summed E-state index contributed by atoms with van der Waals surface area (Å²) in [7, 11) is -3.70. The Bertz CT molecular complexity index is 733. The molecular formula is C13H16BrN3O3S. The van der Waals surface area contributed by atoms with Crippen LogP contribution in [0.3, 0.4) is 0 Å². The Morgan fingerprint density at radius 2 is 1.95 bits per heavy atom. The van der Waals surface area contributed by atoms with Crippen molar-refractivity contribution in [1.29, 1.82) is 0 Å². The van der Waals surface area contributed by atoms with E-state index in [0.717, 1.165) is 15.6 Å². The molecule has 0 bridgehead atoms. The predicted octanol–water partition coefficient (Wildman–Crippen LogP) is 2.06. The SMILES string of the molecule is Cc1cc(Br)cc(C)c1NS(=O)(=O)c1cnn(CCO)c1. The summed E-state index contributed by atoms with van der Waals surface area (Å²) in [6.07, 6.45) is 2.66. The van der Waals surface area contributed by atoms with Gasteiger partial charge in [0.05, 0.1) is 25.0 Å². The number of halogens is 1. The molecule has 1 heterocycles. The van der Waals surface area contributed by atoms with E-state index < -0.39 is 10.0 Å². The summed E-state index contributed by atoms with van der Waals surface area (Å²) in [6, 6.07) is 3.69. The number of aryl methyl sites for hydroxylation is 2. The van der Waals surface area contributed by atoms with Crippen molar-refractivity contribution >= 4 is 31.6 Å². The molecule has 6 nitrogen and oxygen atoms in total. The summed E-state index contributed by atoms with van der Waals surface area (Å²) in [5.41, 5.74) is 2.22. The van der Waals surface area contributed by atoms with Crippen LogP contribution < -0.4 is 4.72 Å². The number of hydrogen-bond donors (Lipinski definition) is 2. The van der Waals surface area contributed by atoms with Crippen molar-refractivity contribution in [3.63, 3.8) is 0 Å². The van der Waals surface area contributed by atoms with E-state index in [9.17, 15) is 8.42 Å². The van der Waals surface area contributed by atoms with Gasteiger partial charge in [0, 0.05) is 10.7 Å². The third-order valence-corrected chi connectivity index (χ3v) is 4.74. The van der Waals surface area contributed by atoms with Crippen LogP contribution in [-0.4, -0.2) is 29.9 Å². The average Bonchev–Trinajstić information content (AvgIpc) is 2.84. The van der Waals surface area contributed by atoms with E-state index in [1.807, 2.05) is 26.0 Å². The van der Waals surface area contributed by atoms with Crippen LogP contribution in [0.1, 0.15) is 11.1 Å². The quantitative estimate of drug-likeness (QED) is 0.839. The average molecular weight is 374 g/mol. The summed E-state index contributed by atoms with van der Waals surface area (Å²) in [5.74, 6) is 0. The van der Waals surface area contributed by atoms with Gasteiger partial charge in [-0.1, -0.05) is 15.9 Å². The summed E-state index contributed by atoms with van der Waals surface area (Å²) >= 11 is 3.38. The van der Waals surface area contributed by atoms with E-state index in [1.165, 1.54) is 17.1 Å². The molecule has 0 aliphatic heterocycles. The molecule has 2 rings (SSSR count). The molecule has 0 radical (unpaired) electrons. The van der Waals surface area contributed by atoms with E-state index >= 15 is 0 Å². The van der Waals surface area contributed by atoms with E-state index in [1.54, 1.807) is 0 Å². The first kappa shape index (κ1) is 16.0. The molecule has 1 aromatic heterocycles. The van der Waals surface area contributed by atoms with Crippen molar-refractivity contribution < 1.29 is 13.5 Å². The van der Waals surface area contributed by atoms with Crippen LogP contribution >= 0.6 is 15.9 Å². The second-order valence-electron chi connectivity index (χ2n) is 4.68. The maximum Gasteiger partial charge on any atom is 0.265 e. The Hall–Kier alpha value is -1.38. The minimum Gasteiger partial charge on any atom is -0.394 e. The highest BCUT2D eigenvalue weighted by Crippen LogP contribution is 2.27. The number of nitrogens with zero attached hydrogens (tertiary/aromatic N) is 2. The van der Waals surface area contributed by atoms with Crippen LogP contribution in [-0.2, 0) is 16.6 Å². The molecule has 114 valence electrons. The van der Waals surface area contributed by atoms with Crippen molar-refractivity contribution in [3.8, 4) is 0 Å². The number of rotatable bonds is 5. The molecule has 0 aliphatic rings. The standard InChI is InChI=1S/C13H16BrN3O3S/c1-9-5-11(14)6-10(2)13(9)16-21(19,20)12-7-15-17(8-12)3-4-18/h5-8,16,18H,3-4H2,1-2H3. The van der Waals surface area contributed by atoms with Gasteiger partial charge in [0.15, 0.2) is 0 Å². The first-order valence-electron chi connectivity index (χ1n) is 6.26. The number of benzene rings is 1. The summed E-state index contributed by atoms with van der Waals surface area (Å²) < 4.78 is 29.6. The Kier molecular flexibility index (Phi) is 4.70. The van der Waals surface area contributed by atoms with E-state index in [-0.39, 0.29) is 18.0 Å². The smallest absolute Gasteiger partial charge is 0.265 e. The normalized spacial score (nSPS) is 11.6. The van der Waals surface area contributed by atoms with Crippen LogP contribution in [0.5, 0.6) is 0 Å². The van der Waals surface area contributed by atoms with Gasteiger partial charge in [-0.3, -0.25) is 9.40 Å². The molecule has 2 aromatic rings. The first-order valence-corrected chi connectivity index (χ1v) is 8.54. The number of aromatic nitrogens is 2. The molecule has 0 aliphatic carbocycles. The molecule has 0 amide bonds. The lowest BCUT2D eigenvalue weighted by Crippen LogP contribution is -2.14. The van der Waals surface area contributed by atoms with Gasteiger partial charge in [-0.25, -0.2) is 8.42 Å². The lowest BCUT2D eigenvalue weighted by molar-refractivity contribution is 0.269. The minimum absolute atomic E-state index is 0.0673. The van der Waals surface area contributed by atoms with E-state index in [4.69, 9.17) is 5.11 Å². The fourth-order valence-electron chi connectivity index (χ4n) is 1.97. The van der Waals surface area contributed by atoms with E-state index in [0.29, 0.717) is 5.69 Å². The maximum absolute atomic E-state index is 12.4.